The lowest BCUT2D eigenvalue weighted by molar-refractivity contribution is -0.147. The first-order valence-electron chi connectivity index (χ1n) is 8.34. The van der Waals surface area contributed by atoms with Gasteiger partial charge < -0.3 is 9.64 Å². The van der Waals surface area contributed by atoms with Crippen molar-refractivity contribution in [2.24, 2.45) is 0 Å². The lowest BCUT2D eigenvalue weighted by atomic mass is 10.2. The molecule has 1 aliphatic heterocycles. The lowest BCUT2D eigenvalue weighted by Crippen LogP contribution is -2.34. The maximum absolute atomic E-state index is 13.0. The largest absolute Gasteiger partial charge is 0.465 e. The second kappa shape index (κ2) is 9.08. The Morgan fingerprint density at radius 2 is 1.70 bits per heavy atom. The van der Waals surface area contributed by atoms with Crippen molar-refractivity contribution in [2.75, 3.05) is 13.2 Å². The van der Waals surface area contributed by atoms with E-state index in [4.69, 9.17) is 4.74 Å². The van der Waals surface area contributed by atoms with Gasteiger partial charge in [0.25, 0.3) is 5.91 Å². The third-order valence-electron chi connectivity index (χ3n) is 3.92. The minimum Gasteiger partial charge on any atom is -0.465 e. The minimum atomic E-state index is -0.404. The highest BCUT2D eigenvalue weighted by molar-refractivity contribution is 9.10. The first-order valence-corrected chi connectivity index (χ1v) is 10.8. The fraction of sp³-hybridized carbons (Fsp3) is 0.200. The number of rotatable bonds is 5. The van der Waals surface area contributed by atoms with Gasteiger partial charge in [0.1, 0.15) is 11.9 Å². The predicted molar refractivity (Wildman–Crippen MR) is 115 cm³/mol. The fourth-order valence-corrected chi connectivity index (χ4v) is 4.45. The molecule has 1 atom stereocenters. The molecule has 140 valence electrons. The molecule has 1 saturated heterocycles. The van der Waals surface area contributed by atoms with E-state index in [9.17, 15) is 9.59 Å². The van der Waals surface area contributed by atoms with Gasteiger partial charge in [0, 0.05) is 8.95 Å². The molecule has 0 aromatic heterocycles. The summed E-state index contributed by atoms with van der Waals surface area (Å²) in [5.41, 5.74) is 1.89. The van der Waals surface area contributed by atoms with Crippen LogP contribution in [0.25, 0.3) is 6.08 Å². The zero-order valence-corrected chi connectivity index (χ0v) is 18.5. The molecule has 0 radical (unpaired) electrons. The molecule has 3 rings (SSSR count). The van der Waals surface area contributed by atoms with Gasteiger partial charge in [0.15, 0.2) is 0 Å². The monoisotopic (exact) mass is 509 g/mol. The summed E-state index contributed by atoms with van der Waals surface area (Å²) in [4.78, 5) is 27.2. The molecule has 0 bridgehead atoms. The van der Waals surface area contributed by atoms with Crippen LogP contribution in [0.15, 0.2) is 62.4 Å². The number of benzene rings is 2. The minimum absolute atomic E-state index is 0.0713. The van der Waals surface area contributed by atoms with Crippen LogP contribution in [0.2, 0.25) is 0 Å². The Morgan fingerprint density at radius 1 is 1.11 bits per heavy atom. The molecule has 2 aromatic rings. The number of carbonyl (C=O) groups excluding carboxylic acids is 2. The van der Waals surface area contributed by atoms with E-state index in [1.54, 1.807) is 11.8 Å². The van der Waals surface area contributed by atoms with E-state index in [1.807, 2.05) is 54.6 Å². The Morgan fingerprint density at radius 3 is 2.30 bits per heavy atom. The normalized spacial score (nSPS) is 18.2. The summed E-state index contributed by atoms with van der Waals surface area (Å²) in [6.45, 7) is 1.97. The number of carbonyl (C=O) groups is 2. The lowest BCUT2D eigenvalue weighted by Gasteiger charge is -2.22. The van der Waals surface area contributed by atoms with Crippen molar-refractivity contribution in [1.82, 2.24) is 4.90 Å². The van der Waals surface area contributed by atoms with E-state index < -0.39 is 5.97 Å². The van der Waals surface area contributed by atoms with Gasteiger partial charge in [-0.15, -0.1) is 0 Å². The van der Waals surface area contributed by atoms with E-state index in [0.29, 0.717) is 11.5 Å². The summed E-state index contributed by atoms with van der Waals surface area (Å²) < 4.78 is 6.99. The summed E-state index contributed by atoms with van der Waals surface area (Å²) in [7, 11) is 0. The van der Waals surface area contributed by atoms with Crippen molar-refractivity contribution in [3.8, 4) is 0 Å². The molecule has 0 N–H and O–H groups in total. The summed E-state index contributed by atoms with van der Waals surface area (Å²) in [5, 5.41) is -0.267. The molecular weight excluding hydrogens is 494 g/mol. The van der Waals surface area contributed by atoms with Crippen LogP contribution in [0.1, 0.15) is 23.4 Å². The van der Waals surface area contributed by atoms with E-state index >= 15 is 0 Å². The zero-order valence-electron chi connectivity index (χ0n) is 14.5. The molecule has 2 aromatic carbocycles. The number of amides is 1. The molecule has 7 heteroatoms. The average Bonchev–Trinajstić information content (AvgIpc) is 2.94. The van der Waals surface area contributed by atoms with Crippen LogP contribution in [0.5, 0.6) is 0 Å². The molecule has 1 unspecified atom stereocenters. The quantitative estimate of drug-likeness (QED) is 0.399. The number of hydrogen-bond donors (Lipinski definition) is 0. The average molecular weight is 511 g/mol. The number of ether oxygens (including phenoxy) is 1. The number of esters is 1. The smallest absolute Gasteiger partial charge is 0.325 e. The Bertz CT molecular complexity index is 866. The molecule has 1 heterocycles. The van der Waals surface area contributed by atoms with Crippen LogP contribution in [-0.2, 0) is 14.3 Å². The van der Waals surface area contributed by atoms with Crippen LogP contribution >= 0.6 is 43.6 Å². The van der Waals surface area contributed by atoms with Crippen molar-refractivity contribution < 1.29 is 14.3 Å². The van der Waals surface area contributed by atoms with Crippen molar-refractivity contribution >= 4 is 61.6 Å². The van der Waals surface area contributed by atoms with Gasteiger partial charge in [-0.3, -0.25) is 9.59 Å². The van der Waals surface area contributed by atoms with Crippen LogP contribution < -0.4 is 0 Å². The molecule has 0 aliphatic carbocycles. The molecule has 1 amide bonds. The van der Waals surface area contributed by atoms with Gasteiger partial charge in [0.05, 0.1) is 11.5 Å². The third-order valence-corrected chi connectivity index (χ3v) is 6.27. The Labute approximate surface area is 179 Å². The van der Waals surface area contributed by atoms with Crippen molar-refractivity contribution in [2.45, 2.75) is 12.3 Å². The number of thioether (sulfide) groups is 1. The molecule has 0 spiro atoms. The number of halogens is 2. The topological polar surface area (TPSA) is 46.6 Å². The SMILES string of the molecule is CCOC(=O)CN1C(=O)/C(=C\c2ccc(Br)cc2)SC1c1ccc(Br)cc1. The second-order valence-corrected chi connectivity index (χ2v) is 8.77. The molecule has 1 fully saturated rings. The summed E-state index contributed by atoms with van der Waals surface area (Å²) in [5.74, 6) is -0.567. The number of nitrogens with zero attached hydrogens (tertiary/aromatic N) is 1. The van der Waals surface area contributed by atoms with Gasteiger partial charge in [-0.1, -0.05) is 67.9 Å². The van der Waals surface area contributed by atoms with Crippen LogP contribution in [-0.4, -0.2) is 29.9 Å². The third kappa shape index (κ3) is 5.03. The van der Waals surface area contributed by atoms with Crippen molar-refractivity contribution in [3.05, 3.63) is 73.5 Å². The van der Waals surface area contributed by atoms with E-state index in [-0.39, 0.29) is 17.8 Å². The molecular formula is C20H17Br2NO3S. The predicted octanol–water partition coefficient (Wildman–Crippen LogP) is 5.39. The Hall–Kier alpha value is -1.57. The highest BCUT2D eigenvalue weighted by Gasteiger charge is 2.38. The van der Waals surface area contributed by atoms with Gasteiger partial charge in [-0.25, -0.2) is 0 Å². The van der Waals surface area contributed by atoms with Crippen LogP contribution in [0.4, 0.5) is 0 Å². The van der Waals surface area contributed by atoms with Gasteiger partial charge in [-0.05, 0) is 48.4 Å². The maximum atomic E-state index is 13.0. The second-order valence-electron chi connectivity index (χ2n) is 5.82. The molecule has 0 saturated carbocycles. The standard InChI is InChI=1S/C20H17Br2NO3S/c1-2-26-18(24)12-23-19(25)17(11-13-3-7-15(21)8-4-13)27-20(23)14-5-9-16(22)10-6-14/h3-11,20H,2,12H2,1H3/b17-11+. The van der Waals surface area contributed by atoms with E-state index in [1.165, 1.54) is 11.8 Å². The highest BCUT2D eigenvalue weighted by atomic mass is 79.9. The summed E-state index contributed by atoms with van der Waals surface area (Å²) >= 11 is 8.29. The highest BCUT2D eigenvalue weighted by Crippen LogP contribution is 2.46. The first-order chi connectivity index (χ1) is 13.0. The van der Waals surface area contributed by atoms with Crippen LogP contribution in [0.3, 0.4) is 0 Å². The molecule has 27 heavy (non-hydrogen) atoms. The fourth-order valence-electron chi connectivity index (χ4n) is 2.66. The van der Waals surface area contributed by atoms with Gasteiger partial charge in [0.2, 0.25) is 0 Å². The van der Waals surface area contributed by atoms with Crippen LogP contribution in [0, 0.1) is 0 Å². The van der Waals surface area contributed by atoms with E-state index in [0.717, 1.165) is 20.1 Å². The molecule has 1 aliphatic rings. The van der Waals surface area contributed by atoms with E-state index in [2.05, 4.69) is 31.9 Å². The maximum Gasteiger partial charge on any atom is 0.325 e. The van der Waals surface area contributed by atoms with Crippen molar-refractivity contribution in [1.29, 1.82) is 0 Å². The first kappa shape index (κ1) is 20.2. The zero-order chi connectivity index (χ0) is 19.4. The Kier molecular flexibility index (Phi) is 6.78. The number of hydrogen-bond acceptors (Lipinski definition) is 4. The molecule has 4 nitrogen and oxygen atoms in total. The van der Waals surface area contributed by atoms with Gasteiger partial charge >= 0.3 is 5.97 Å². The van der Waals surface area contributed by atoms with Gasteiger partial charge in [-0.2, -0.15) is 0 Å². The summed E-state index contributed by atoms with van der Waals surface area (Å²) in [6.07, 6.45) is 1.86. The Balaban J connectivity index is 1.91. The summed E-state index contributed by atoms with van der Waals surface area (Å²) in [6, 6.07) is 15.5. The van der Waals surface area contributed by atoms with Crippen molar-refractivity contribution in [3.63, 3.8) is 0 Å².